The minimum atomic E-state index is 0. The van der Waals surface area contributed by atoms with Crippen LogP contribution in [0.1, 0.15) is 6.92 Å². The first kappa shape index (κ1) is 11.9. The molecule has 1 aromatic rings. The molecule has 0 aliphatic rings. The number of nitrogens with zero attached hydrogens (tertiary/aromatic N) is 2. The molecule has 0 bridgehead atoms. The van der Waals surface area contributed by atoms with E-state index in [0.29, 0.717) is 0 Å². The molecule has 3 nitrogen and oxygen atoms in total. The SMILES string of the molecule is C=C(C)n1ccnc1.Cl.N. The smallest absolute Gasteiger partial charge is 0.0988 e. The van der Waals surface area contributed by atoms with Crippen molar-refractivity contribution in [2.45, 2.75) is 6.92 Å². The number of hydrogen-bond donors (Lipinski definition) is 1. The zero-order valence-electron chi connectivity index (χ0n) is 5.95. The monoisotopic (exact) mass is 161 g/mol. The molecule has 0 spiro atoms. The highest BCUT2D eigenvalue weighted by atomic mass is 35.5. The molecular formula is C6H12ClN3. The van der Waals surface area contributed by atoms with Gasteiger partial charge in [0.05, 0.1) is 6.33 Å². The molecule has 0 aromatic carbocycles. The van der Waals surface area contributed by atoms with Crippen LogP contribution in [0, 0.1) is 0 Å². The van der Waals surface area contributed by atoms with Gasteiger partial charge in [-0.25, -0.2) is 4.98 Å². The molecule has 0 atom stereocenters. The van der Waals surface area contributed by atoms with Crippen molar-refractivity contribution in [1.29, 1.82) is 0 Å². The van der Waals surface area contributed by atoms with Crippen LogP contribution >= 0.6 is 12.4 Å². The van der Waals surface area contributed by atoms with Crippen molar-refractivity contribution in [3.8, 4) is 0 Å². The molecule has 1 heterocycles. The molecule has 3 N–H and O–H groups in total. The van der Waals surface area contributed by atoms with E-state index in [1.807, 2.05) is 17.7 Å². The molecule has 4 heteroatoms. The van der Waals surface area contributed by atoms with Crippen molar-refractivity contribution in [3.05, 3.63) is 25.3 Å². The summed E-state index contributed by atoms with van der Waals surface area (Å²) < 4.78 is 1.86. The van der Waals surface area contributed by atoms with Crippen molar-refractivity contribution in [3.63, 3.8) is 0 Å². The molecule has 1 rings (SSSR count). The molecule has 1 aromatic heterocycles. The van der Waals surface area contributed by atoms with Crippen molar-refractivity contribution < 1.29 is 0 Å². The number of hydrogen-bond acceptors (Lipinski definition) is 2. The lowest BCUT2D eigenvalue weighted by molar-refractivity contribution is 1.08. The van der Waals surface area contributed by atoms with Gasteiger partial charge in [0.15, 0.2) is 0 Å². The lowest BCUT2D eigenvalue weighted by Gasteiger charge is -1.94. The summed E-state index contributed by atoms with van der Waals surface area (Å²) in [5.74, 6) is 0. The Morgan fingerprint density at radius 3 is 2.40 bits per heavy atom. The summed E-state index contributed by atoms with van der Waals surface area (Å²) in [4.78, 5) is 3.85. The zero-order valence-corrected chi connectivity index (χ0v) is 6.77. The fourth-order valence-electron chi connectivity index (χ4n) is 0.485. The molecule has 0 radical (unpaired) electrons. The second kappa shape index (κ2) is 5.02. The van der Waals surface area contributed by atoms with Crippen molar-refractivity contribution in [2.24, 2.45) is 0 Å². The standard InChI is InChI=1S/C6H8N2.ClH.H3N/c1-6(2)8-4-3-7-5-8;;/h3-5H,1H2,2H3;1H;1H3. The highest BCUT2D eigenvalue weighted by Gasteiger charge is 1.83. The lowest BCUT2D eigenvalue weighted by Crippen LogP contribution is -1.84. The van der Waals surface area contributed by atoms with Gasteiger partial charge in [-0.2, -0.15) is 0 Å². The summed E-state index contributed by atoms with van der Waals surface area (Å²) >= 11 is 0. The maximum absolute atomic E-state index is 3.85. The number of imidazole rings is 1. The number of halogens is 1. The van der Waals surface area contributed by atoms with Crippen LogP contribution in [0.3, 0.4) is 0 Å². The predicted octanol–water partition coefficient (Wildman–Crippen LogP) is 1.96. The van der Waals surface area contributed by atoms with Crippen LogP contribution in [0.2, 0.25) is 0 Å². The maximum Gasteiger partial charge on any atom is 0.0988 e. The summed E-state index contributed by atoms with van der Waals surface area (Å²) in [6.45, 7) is 5.65. The van der Waals surface area contributed by atoms with Gasteiger partial charge in [-0.05, 0) is 6.92 Å². The Kier molecular flexibility index (Phi) is 5.99. The molecule has 0 aliphatic heterocycles. The third-order valence-corrected chi connectivity index (χ3v) is 0.945. The third-order valence-electron chi connectivity index (χ3n) is 0.945. The molecule has 0 fully saturated rings. The molecule has 0 unspecified atom stereocenters. The van der Waals surface area contributed by atoms with Crippen molar-refractivity contribution in [1.82, 2.24) is 15.7 Å². The minimum Gasteiger partial charge on any atom is -0.344 e. The third kappa shape index (κ3) is 2.66. The lowest BCUT2D eigenvalue weighted by atomic mass is 10.6. The van der Waals surface area contributed by atoms with Gasteiger partial charge in [0.25, 0.3) is 0 Å². The Labute approximate surface area is 66.8 Å². The van der Waals surface area contributed by atoms with Crippen LogP contribution in [0.25, 0.3) is 5.70 Å². The maximum atomic E-state index is 3.85. The highest BCUT2D eigenvalue weighted by Crippen LogP contribution is 1.95. The van der Waals surface area contributed by atoms with Gasteiger partial charge in [-0.1, -0.05) is 6.58 Å². The van der Waals surface area contributed by atoms with E-state index < -0.39 is 0 Å². The fourth-order valence-corrected chi connectivity index (χ4v) is 0.485. The van der Waals surface area contributed by atoms with E-state index in [0.717, 1.165) is 5.70 Å². The van der Waals surface area contributed by atoms with Crippen LogP contribution in [0.15, 0.2) is 25.3 Å². The van der Waals surface area contributed by atoms with E-state index in [4.69, 9.17) is 0 Å². The van der Waals surface area contributed by atoms with Crippen molar-refractivity contribution in [2.75, 3.05) is 0 Å². The summed E-state index contributed by atoms with van der Waals surface area (Å²) in [5, 5.41) is 0. The molecule has 0 saturated heterocycles. The summed E-state index contributed by atoms with van der Waals surface area (Å²) in [7, 11) is 0. The van der Waals surface area contributed by atoms with Gasteiger partial charge in [0.1, 0.15) is 0 Å². The topological polar surface area (TPSA) is 52.8 Å². The van der Waals surface area contributed by atoms with Gasteiger partial charge in [-0.3, -0.25) is 0 Å². The minimum absolute atomic E-state index is 0. The first-order valence-electron chi connectivity index (χ1n) is 2.44. The van der Waals surface area contributed by atoms with E-state index in [1.165, 1.54) is 0 Å². The van der Waals surface area contributed by atoms with Gasteiger partial charge in [0.2, 0.25) is 0 Å². The first-order valence-corrected chi connectivity index (χ1v) is 2.44. The fraction of sp³-hybridized carbons (Fsp3) is 0.167. The number of aromatic nitrogens is 2. The Morgan fingerprint density at radius 2 is 2.20 bits per heavy atom. The summed E-state index contributed by atoms with van der Waals surface area (Å²) in [6.07, 6.45) is 5.32. The molecule has 0 aliphatic carbocycles. The Balaban J connectivity index is 0. The number of rotatable bonds is 1. The quantitative estimate of drug-likeness (QED) is 0.685. The largest absolute Gasteiger partial charge is 0.344 e. The molecule has 0 saturated carbocycles. The predicted molar refractivity (Wildman–Crippen MR) is 45.5 cm³/mol. The Bertz CT molecular complexity index is 181. The second-order valence-corrected chi connectivity index (χ2v) is 1.71. The van der Waals surface area contributed by atoms with E-state index in [1.54, 1.807) is 12.5 Å². The van der Waals surface area contributed by atoms with Crippen LogP contribution in [-0.4, -0.2) is 9.55 Å². The van der Waals surface area contributed by atoms with E-state index in [9.17, 15) is 0 Å². The number of allylic oxidation sites excluding steroid dienone is 1. The van der Waals surface area contributed by atoms with Crippen LogP contribution in [0.4, 0.5) is 0 Å². The van der Waals surface area contributed by atoms with Crippen molar-refractivity contribution >= 4 is 18.1 Å². The molecule has 58 valence electrons. The van der Waals surface area contributed by atoms with E-state index in [-0.39, 0.29) is 18.6 Å². The first-order chi connectivity index (χ1) is 3.80. The normalized spacial score (nSPS) is 7.30. The van der Waals surface area contributed by atoms with Crippen LogP contribution in [0.5, 0.6) is 0 Å². The Morgan fingerprint density at radius 1 is 1.60 bits per heavy atom. The van der Waals surface area contributed by atoms with Crippen LogP contribution < -0.4 is 6.15 Å². The van der Waals surface area contributed by atoms with Gasteiger partial charge >= 0.3 is 0 Å². The Hall–Kier alpha value is -0.800. The van der Waals surface area contributed by atoms with Gasteiger partial charge < -0.3 is 10.7 Å². The van der Waals surface area contributed by atoms with Gasteiger partial charge in [-0.15, -0.1) is 12.4 Å². The molecule has 10 heavy (non-hydrogen) atoms. The molecular weight excluding hydrogens is 150 g/mol. The molecule has 0 amide bonds. The second-order valence-electron chi connectivity index (χ2n) is 1.71. The summed E-state index contributed by atoms with van der Waals surface area (Å²) in [5.41, 5.74) is 0.988. The van der Waals surface area contributed by atoms with Crippen LogP contribution in [-0.2, 0) is 0 Å². The van der Waals surface area contributed by atoms with E-state index >= 15 is 0 Å². The highest BCUT2D eigenvalue weighted by molar-refractivity contribution is 5.85. The van der Waals surface area contributed by atoms with Gasteiger partial charge in [0, 0.05) is 18.1 Å². The average molecular weight is 162 g/mol. The zero-order chi connectivity index (χ0) is 5.98. The van der Waals surface area contributed by atoms with E-state index in [2.05, 4.69) is 11.6 Å². The summed E-state index contributed by atoms with van der Waals surface area (Å²) in [6, 6.07) is 0. The average Bonchev–Trinajstić information content (AvgIpc) is 2.12.